The number of aliphatic imine (C=N–C) groups is 1. The molecule has 0 radical (unpaired) electrons. The van der Waals surface area contributed by atoms with Gasteiger partial charge in [0.15, 0.2) is 5.96 Å². The Bertz CT molecular complexity index is 443. The summed E-state index contributed by atoms with van der Waals surface area (Å²) >= 11 is 0. The van der Waals surface area contributed by atoms with Crippen LogP contribution in [-0.2, 0) is 6.54 Å². The Balaban J connectivity index is 0.00000529. The van der Waals surface area contributed by atoms with Crippen LogP contribution in [0.15, 0.2) is 29.3 Å². The normalized spacial score (nSPS) is 11.3. The Labute approximate surface area is 165 Å². The molecule has 0 saturated heterocycles. The Hall–Kier alpha value is -0.820. The highest BCUT2D eigenvalue weighted by Gasteiger charge is 1.98. The lowest BCUT2D eigenvalue weighted by atomic mass is 10.1. The highest BCUT2D eigenvalue weighted by molar-refractivity contribution is 14.0. The average Bonchev–Trinajstić information content (AvgIpc) is 2.54. The van der Waals surface area contributed by atoms with Crippen molar-refractivity contribution in [2.24, 2.45) is 4.99 Å². The van der Waals surface area contributed by atoms with E-state index >= 15 is 0 Å². The zero-order valence-electron chi connectivity index (χ0n) is 15.8. The van der Waals surface area contributed by atoms with Gasteiger partial charge in [-0.2, -0.15) is 0 Å². The predicted molar refractivity (Wildman–Crippen MR) is 116 cm³/mol. The first kappa shape index (κ1) is 23.2. The second-order valence-corrected chi connectivity index (χ2v) is 6.41. The van der Waals surface area contributed by atoms with E-state index in [-0.39, 0.29) is 24.0 Å². The molecule has 138 valence electrons. The van der Waals surface area contributed by atoms with Crippen molar-refractivity contribution in [3.05, 3.63) is 35.4 Å². The van der Waals surface area contributed by atoms with Gasteiger partial charge in [0.2, 0.25) is 0 Å². The highest BCUT2D eigenvalue weighted by atomic mass is 127. The van der Waals surface area contributed by atoms with Crippen LogP contribution in [0, 0.1) is 6.92 Å². The van der Waals surface area contributed by atoms with Gasteiger partial charge < -0.3 is 15.5 Å². The lowest BCUT2D eigenvalue weighted by Crippen LogP contribution is -2.37. The highest BCUT2D eigenvalue weighted by Crippen LogP contribution is 2.03. The molecule has 0 bridgehead atoms. The number of aryl methyl sites for hydroxylation is 1. The summed E-state index contributed by atoms with van der Waals surface area (Å²) in [5, 5.41) is 6.75. The summed E-state index contributed by atoms with van der Waals surface area (Å²) in [6.07, 6.45) is 6.45. The van der Waals surface area contributed by atoms with Crippen LogP contribution in [0.2, 0.25) is 0 Å². The van der Waals surface area contributed by atoms with Gasteiger partial charge in [0, 0.05) is 20.1 Å². The van der Waals surface area contributed by atoms with Gasteiger partial charge in [0.05, 0.1) is 0 Å². The quantitative estimate of drug-likeness (QED) is 0.249. The minimum Gasteiger partial charge on any atom is -0.356 e. The van der Waals surface area contributed by atoms with Crippen molar-refractivity contribution in [1.82, 2.24) is 15.5 Å². The molecule has 0 spiro atoms. The SMILES string of the molecule is CN=C(NCCCCCCCN(C)C)NCc1ccc(C)cc1.I. The van der Waals surface area contributed by atoms with Crippen molar-refractivity contribution in [3.8, 4) is 0 Å². The summed E-state index contributed by atoms with van der Waals surface area (Å²) in [6, 6.07) is 8.60. The van der Waals surface area contributed by atoms with Crippen molar-refractivity contribution in [2.45, 2.75) is 45.6 Å². The molecule has 0 saturated carbocycles. The van der Waals surface area contributed by atoms with E-state index in [9.17, 15) is 0 Å². The van der Waals surface area contributed by atoms with Crippen LogP contribution in [0.4, 0.5) is 0 Å². The Morgan fingerprint density at radius 1 is 0.958 bits per heavy atom. The van der Waals surface area contributed by atoms with Crippen LogP contribution in [0.1, 0.15) is 43.2 Å². The number of nitrogens with one attached hydrogen (secondary N) is 2. The summed E-state index contributed by atoms with van der Waals surface area (Å²) in [7, 11) is 6.10. The zero-order valence-corrected chi connectivity index (χ0v) is 18.1. The number of benzene rings is 1. The van der Waals surface area contributed by atoms with Crippen LogP contribution in [0.3, 0.4) is 0 Å². The summed E-state index contributed by atoms with van der Waals surface area (Å²) in [5.41, 5.74) is 2.57. The van der Waals surface area contributed by atoms with E-state index in [1.807, 2.05) is 7.05 Å². The zero-order chi connectivity index (χ0) is 16.9. The van der Waals surface area contributed by atoms with Crippen molar-refractivity contribution >= 4 is 29.9 Å². The Morgan fingerprint density at radius 3 is 2.21 bits per heavy atom. The summed E-state index contributed by atoms with van der Waals surface area (Å²) in [6.45, 7) is 5.11. The first-order chi connectivity index (χ1) is 11.1. The molecule has 0 heterocycles. The molecule has 0 atom stereocenters. The topological polar surface area (TPSA) is 39.7 Å². The van der Waals surface area contributed by atoms with Crippen LogP contribution in [0.5, 0.6) is 0 Å². The third-order valence-corrected chi connectivity index (χ3v) is 3.88. The summed E-state index contributed by atoms with van der Waals surface area (Å²) in [5.74, 6) is 0.887. The van der Waals surface area contributed by atoms with Crippen LogP contribution >= 0.6 is 24.0 Å². The van der Waals surface area contributed by atoms with Gasteiger partial charge in [-0.05, 0) is 46.0 Å². The van der Waals surface area contributed by atoms with Crippen LogP contribution in [0.25, 0.3) is 0 Å². The van der Waals surface area contributed by atoms with Crippen molar-refractivity contribution in [2.75, 3.05) is 34.2 Å². The fourth-order valence-electron chi connectivity index (χ4n) is 2.40. The minimum atomic E-state index is 0. The molecule has 4 nitrogen and oxygen atoms in total. The largest absolute Gasteiger partial charge is 0.356 e. The van der Waals surface area contributed by atoms with E-state index < -0.39 is 0 Å². The van der Waals surface area contributed by atoms with E-state index in [1.165, 1.54) is 49.8 Å². The molecule has 1 rings (SSSR count). The van der Waals surface area contributed by atoms with Crippen LogP contribution < -0.4 is 10.6 Å². The van der Waals surface area contributed by atoms with E-state index in [2.05, 4.69) is 65.8 Å². The number of halogens is 1. The number of hydrogen-bond donors (Lipinski definition) is 2. The Kier molecular flexibility index (Phi) is 14.0. The van der Waals surface area contributed by atoms with Gasteiger partial charge in [-0.3, -0.25) is 4.99 Å². The monoisotopic (exact) mass is 446 g/mol. The molecule has 2 N–H and O–H groups in total. The predicted octanol–water partition coefficient (Wildman–Crippen LogP) is 3.79. The number of nitrogens with zero attached hydrogens (tertiary/aromatic N) is 2. The fraction of sp³-hybridized carbons (Fsp3) is 0.632. The molecule has 24 heavy (non-hydrogen) atoms. The lowest BCUT2D eigenvalue weighted by molar-refractivity contribution is 0.389. The van der Waals surface area contributed by atoms with E-state index in [1.54, 1.807) is 0 Å². The molecular weight excluding hydrogens is 411 g/mol. The number of rotatable bonds is 10. The van der Waals surface area contributed by atoms with Gasteiger partial charge in [0.1, 0.15) is 0 Å². The molecule has 0 aromatic heterocycles. The maximum absolute atomic E-state index is 4.28. The molecular formula is C19H35IN4. The number of unbranched alkanes of at least 4 members (excludes halogenated alkanes) is 4. The first-order valence-corrected chi connectivity index (χ1v) is 8.76. The van der Waals surface area contributed by atoms with E-state index in [0.29, 0.717) is 0 Å². The minimum absolute atomic E-state index is 0. The maximum Gasteiger partial charge on any atom is 0.191 e. The molecule has 0 aliphatic carbocycles. The van der Waals surface area contributed by atoms with Crippen molar-refractivity contribution < 1.29 is 0 Å². The molecule has 0 aliphatic rings. The molecule has 1 aromatic carbocycles. The van der Waals surface area contributed by atoms with Crippen molar-refractivity contribution in [3.63, 3.8) is 0 Å². The van der Waals surface area contributed by atoms with Crippen LogP contribution in [-0.4, -0.2) is 45.1 Å². The number of hydrogen-bond acceptors (Lipinski definition) is 2. The molecule has 0 fully saturated rings. The molecule has 0 unspecified atom stereocenters. The third kappa shape index (κ3) is 11.7. The van der Waals surface area contributed by atoms with Gasteiger partial charge in [0.25, 0.3) is 0 Å². The number of guanidine groups is 1. The second-order valence-electron chi connectivity index (χ2n) is 6.41. The van der Waals surface area contributed by atoms with Gasteiger partial charge in [-0.1, -0.05) is 49.1 Å². The standard InChI is InChI=1S/C19H34N4.HI/c1-17-10-12-18(13-11-17)16-22-19(20-2)21-14-8-6-5-7-9-15-23(3)4;/h10-13H,5-9,14-16H2,1-4H3,(H2,20,21,22);1H. The summed E-state index contributed by atoms with van der Waals surface area (Å²) < 4.78 is 0. The fourth-order valence-corrected chi connectivity index (χ4v) is 2.40. The first-order valence-electron chi connectivity index (χ1n) is 8.76. The molecule has 1 aromatic rings. The second kappa shape index (κ2) is 14.5. The molecule has 0 amide bonds. The Morgan fingerprint density at radius 2 is 1.58 bits per heavy atom. The van der Waals surface area contributed by atoms with Gasteiger partial charge in [-0.15, -0.1) is 24.0 Å². The van der Waals surface area contributed by atoms with E-state index in [0.717, 1.165) is 19.0 Å². The average molecular weight is 446 g/mol. The third-order valence-electron chi connectivity index (χ3n) is 3.88. The lowest BCUT2D eigenvalue weighted by Gasteiger charge is -2.12. The van der Waals surface area contributed by atoms with E-state index in [4.69, 9.17) is 0 Å². The molecule has 0 aliphatic heterocycles. The summed E-state index contributed by atoms with van der Waals surface area (Å²) in [4.78, 5) is 6.53. The van der Waals surface area contributed by atoms with Crippen molar-refractivity contribution in [1.29, 1.82) is 0 Å². The molecule has 5 heteroatoms. The smallest absolute Gasteiger partial charge is 0.191 e. The van der Waals surface area contributed by atoms with Gasteiger partial charge >= 0.3 is 0 Å². The maximum atomic E-state index is 4.28. The van der Waals surface area contributed by atoms with Gasteiger partial charge in [-0.25, -0.2) is 0 Å².